The molecule has 0 unspecified atom stereocenters. The van der Waals surface area contributed by atoms with Crippen molar-refractivity contribution in [3.05, 3.63) is 18.2 Å². The lowest BCUT2D eigenvalue weighted by atomic mass is 9.83. The van der Waals surface area contributed by atoms with E-state index in [9.17, 15) is 0 Å². The highest BCUT2D eigenvalue weighted by Crippen LogP contribution is 2.29. The van der Waals surface area contributed by atoms with Gasteiger partial charge in [-0.1, -0.05) is 19.3 Å². The van der Waals surface area contributed by atoms with E-state index >= 15 is 0 Å². The van der Waals surface area contributed by atoms with Gasteiger partial charge in [0.2, 0.25) is 0 Å². The third kappa shape index (κ3) is 4.15. The third-order valence-electron chi connectivity index (χ3n) is 3.51. The number of rotatable bonds is 5. The Morgan fingerprint density at radius 3 is 2.76 bits per heavy atom. The number of nitrogens with one attached hydrogen (secondary N) is 1. The molecule has 0 aliphatic heterocycles. The van der Waals surface area contributed by atoms with Crippen LogP contribution >= 0.6 is 0 Å². The second kappa shape index (κ2) is 5.21. The molecule has 0 radical (unpaired) electrons. The van der Waals surface area contributed by atoms with Crippen molar-refractivity contribution in [1.82, 2.24) is 14.9 Å². The Morgan fingerprint density at radius 2 is 2.18 bits per heavy atom. The fourth-order valence-electron chi connectivity index (χ4n) is 2.09. The van der Waals surface area contributed by atoms with Gasteiger partial charge < -0.3 is 9.88 Å². The Morgan fingerprint density at radius 1 is 1.41 bits per heavy atom. The zero-order chi connectivity index (χ0) is 12.3. The number of nitrogens with zero attached hydrogens (tertiary/aromatic N) is 2. The van der Waals surface area contributed by atoms with Crippen LogP contribution in [0.1, 0.15) is 52.1 Å². The van der Waals surface area contributed by atoms with Crippen LogP contribution in [0.2, 0.25) is 0 Å². The second-order valence-electron chi connectivity index (χ2n) is 6.29. The van der Waals surface area contributed by atoms with E-state index in [0.717, 1.165) is 24.7 Å². The van der Waals surface area contributed by atoms with Gasteiger partial charge in [-0.2, -0.15) is 0 Å². The first-order valence-corrected chi connectivity index (χ1v) is 6.78. The molecule has 3 nitrogen and oxygen atoms in total. The predicted octanol–water partition coefficient (Wildman–Crippen LogP) is 2.96. The molecule has 1 N–H and O–H groups in total. The third-order valence-corrected chi connectivity index (χ3v) is 3.51. The summed E-state index contributed by atoms with van der Waals surface area (Å²) in [5, 5.41) is 3.46. The normalized spacial score (nSPS) is 17.1. The molecule has 96 valence electrons. The first-order valence-electron chi connectivity index (χ1n) is 6.78. The number of aryl methyl sites for hydroxylation is 1. The lowest BCUT2D eigenvalue weighted by Gasteiger charge is -2.25. The highest BCUT2D eigenvalue weighted by atomic mass is 15.1. The Hall–Kier alpha value is -0.830. The van der Waals surface area contributed by atoms with Crippen LogP contribution in [-0.2, 0) is 13.1 Å². The van der Waals surface area contributed by atoms with Gasteiger partial charge in [0, 0.05) is 24.8 Å². The largest absolute Gasteiger partial charge is 0.337 e. The van der Waals surface area contributed by atoms with Gasteiger partial charge in [0.1, 0.15) is 0 Å². The van der Waals surface area contributed by atoms with Crippen molar-refractivity contribution < 1.29 is 0 Å². The average Bonchev–Trinajstić information content (AvgIpc) is 2.59. The van der Waals surface area contributed by atoms with Crippen LogP contribution in [-0.4, -0.2) is 15.1 Å². The van der Waals surface area contributed by atoms with Crippen molar-refractivity contribution in [1.29, 1.82) is 0 Å². The summed E-state index contributed by atoms with van der Waals surface area (Å²) >= 11 is 0. The summed E-state index contributed by atoms with van der Waals surface area (Å²) in [7, 11) is 0. The minimum atomic E-state index is 0.162. The molecule has 0 atom stereocenters. The summed E-state index contributed by atoms with van der Waals surface area (Å²) in [5.41, 5.74) is 1.31. The smallest absolute Gasteiger partial charge is 0.0949 e. The van der Waals surface area contributed by atoms with Crippen molar-refractivity contribution in [2.45, 2.75) is 65.1 Å². The fraction of sp³-hybridized carbons (Fsp3) is 0.786. The lowest BCUT2D eigenvalue weighted by molar-refractivity contribution is 0.282. The number of imidazole rings is 1. The minimum Gasteiger partial charge on any atom is -0.337 e. The molecule has 1 aromatic rings. The van der Waals surface area contributed by atoms with E-state index in [1.54, 1.807) is 0 Å². The Bertz CT molecular complexity index is 345. The minimum absolute atomic E-state index is 0.162. The van der Waals surface area contributed by atoms with Crippen LogP contribution in [0, 0.1) is 5.92 Å². The summed E-state index contributed by atoms with van der Waals surface area (Å²) in [6.45, 7) is 8.54. The summed E-state index contributed by atoms with van der Waals surface area (Å²) in [6, 6.07) is 0. The topological polar surface area (TPSA) is 29.9 Å². The van der Waals surface area contributed by atoms with Gasteiger partial charge in [-0.15, -0.1) is 0 Å². The monoisotopic (exact) mass is 235 g/mol. The molecule has 0 bridgehead atoms. The van der Waals surface area contributed by atoms with Crippen molar-refractivity contribution in [2.24, 2.45) is 5.92 Å². The van der Waals surface area contributed by atoms with Gasteiger partial charge in [0.05, 0.1) is 12.0 Å². The highest BCUT2D eigenvalue weighted by Gasteiger charge is 2.16. The molecule has 3 heteroatoms. The van der Waals surface area contributed by atoms with E-state index in [4.69, 9.17) is 0 Å². The zero-order valence-corrected chi connectivity index (χ0v) is 11.4. The highest BCUT2D eigenvalue weighted by molar-refractivity contribution is 4.97. The molecule has 1 aliphatic carbocycles. The fourth-order valence-corrected chi connectivity index (χ4v) is 2.09. The van der Waals surface area contributed by atoms with Crippen molar-refractivity contribution in [3.8, 4) is 0 Å². The van der Waals surface area contributed by atoms with Gasteiger partial charge in [-0.3, -0.25) is 0 Å². The molecular weight excluding hydrogens is 210 g/mol. The van der Waals surface area contributed by atoms with Crippen LogP contribution in [0.15, 0.2) is 12.5 Å². The van der Waals surface area contributed by atoms with Gasteiger partial charge in [-0.25, -0.2) is 4.98 Å². The van der Waals surface area contributed by atoms with Crippen LogP contribution in [0.4, 0.5) is 0 Å². The second-order valence-corrected chi connectivity index (χ2v) is 6.29. The van der Waals surface area contributed by atoms with E-state index in [0.29, 0.717) is 0 Å². The van der Waals surface area contributed by atoms with E-state index in [2.05, 4.69) is 41.8 Å². The quantitative estimate of drug-likeness (QED) is 0.850. The molecule has 0 saturated heterocycles. The maximum absolute atomic E-state index is 4.44. The van der Waals surface area contributed by atoms with Gasteiger partial charge >= 0.3 is 0 Å². The molecule has 2 rings (SSSR count). The number of aromatic nitrogens is 2. The summed E-state index contributed by atoms with van der Waals surface area (Å²) in [5.74, 6) is 0.980. The lowest BCUT2D eigenvalue weighted by Crippen LogP contribution is -2.35. The summed E-state index contributed by atoms with van der Waals surface area (Å²) in [6.07, 6.45) is 9.79. The van der Waals surface area contributed by atoms with Crippen LogP contribution in [0.25, 0.3) is 0 Å². The number of hydrogen-bond acceptors (Lipinski definition) is 2. The molecule has 1 aliphatic rings. The first kappa shape index (κ1) is 12.6. The van der Waals surface area contributed by atoms with E-state index in [-0.39, 0.29) is 5.54 Å². The Kier molecular flexibility index (Phi) is 3.87. The van der Waals surface area contributed by atoms with Crippen molar-refractivity contribution in [2.75, 3.05) is 0 Å². The SMILES string of the molecule is CC(C)(C)NCc1cn(CCC2CCC2)cn1. The summed E-state index contributed by atoms with van der Waals surface area (Å²) < 4.78 is 2.23. The van der Waals surface area contributed by atoms with E-state index < -0.39 is 0 Å². The van der Waals surface area contributed by atoms with Crippen LogP contribution in [0.5, 0.6) is 0 Å². The van der Waals surface area contributed by atoms with Gasteiger partial charge in [0.25, 0.3) is 0 Å². The molecular formula is C14H25N3. The maximum atomic E-state index is 4.44. The Balaban J connectivity index is 1.74. The van der Waals surface area contributed by atoms with Gasteiger partial charge in [0.15, 0.2) is 0 Å². The zero-order valence-electron chi connectivity index (χ0n) is 11.4. The van der Waals surface area contributed by atoms with Crippen LogP contribution < -0.4 is 5.32 Å². The Labute approximate surface area is 105 Å². The van der Waals surface area contributed by atoms with Crippen LogP contribution in [0.3, 0.4) is 0 Å². The molecule has 1 fully saturated rings. The summed E-state index contributed by atoms with van der Waals surface area (Å²) in [4.78, 5) is 4.44. The average molecular weight is 235 g/mol. The molecule has 0 aromatic carbocycles. The van der Waals surface area contributed by atoms with Gasteiger partial charge in [-0.05, 0) is 33.1 Å². The molecule has 17 heavy (non-hydrogen) atoms. The molecule has 1 aromatic heterocycles. The van der Waals surface area contributed by atoms with E-state index in [1.807, 2.05) is 6.33 Å². The molecule has 1 saturated carbocycles. The first-order chi connectivity index (χ1) is 8.03. The standard InChI is InChI=1S/C14H25N3/c1-14(2,3)16-9-13-10-17(11-15-13)8-7-12-5-4-6-12/h10-12,16H,4-9H2,1-3H3. The predicted molar refractivity (Wildman–Crippen MR) is 70.8 cm³/mol. The molecule has 0 amide bonds. The molecule has 0 spiro atoms. The van der Waals surface area contributed by atoms with Crippen molar-refractivity contribution >= 4 is 0 Å². The van der Waals surface area contributed by atoms with Crippen molar-refractivity contribution in [3.63, 3.8) is 0 Å². The molecule has 1 heterocycles. The maximum Gasteiger partial charge on any atom is 0.0949 e. The van der Waals surface area contributed by atoms with E-state index in [1.165, 1.54) is 25.7 Å². The number of hydrogen-bond donors (Lipinski definition) is 1.